The van der Waals surface area contributed by atoms with E-state index in [0.717, 1.165) is 19.4 Å². The van der Waals surface area contributed by atoms with Crippen LogP contribution in [0.25, 0.3) is 0 Å². The summed E-state index contributed by atoms with van der Waals surface area (Å²) in [5, 5.41) is 0. The lowest BCUT2D eigenvalue weighted by Gasteiger charge is -2.17. The van der Waals surface area contributed by atoms with Gasteiger partial charge in [0.15, 0.2) is 0 Å². The average molecular weight is 221 g/mol. The predicted molar refractivity (Wildman–Crippen MR) is 68.5 cm³/mol. The number of methoxy groups -OCH3 is 1. The standard InChI is InChI=1S/C14H23NO/c1-11(10-16-3)8-14(15)9-13-7-5-4-6-12(13)2/h4-7,11,14H,8-10,15H2,1-3H3. The highest BCUT2D eigenvalue weighted by atomic mass is 16.5. The van der Waals surface area contributed by atoms with Gasteiger partial charge in [-0.15, -0.1) is 0 Å². The van der Waals surface area contributed by atoms with Crippen LogP contribution >= 0.6 is 0 Å². The largest absolute Gasteiger partial charge is 0.384 e. The Bertz CT molecular complexity index is 311. The number of hydrogen-bond donors (Lipinski definition) is 1. The van der Waals surface area contributed by atoms with E-state index >= 15 is 0 Å². The summed E-state index contributed by atoms with van der Waals surface area (Å²) in [6.07, 6.45) is 1.98. The van der Waals surface area contributed by atoms with Crippen LogP contribution in [0.3, 0.4) is 0 Å². The molecule has 0 saturated heterocycles. The summed E-state index contributed by atoms with van der Waals surface area (Å²) in [6, 6.07) is 8.67. The molecule has 1 aromatic carbocycles. The zero-order valence-electron chi connectivity index (χ0n) is 10.6. The van der Waals surface area contributed by atoms with E-state index in [1.54, 1.807) is 7.11 Å². The molecule has 2 nitrogen and oxygen atoms in total. The summed E-state index contributed by atoms with van der Waals surface area (Å²) in [7, 11) is 1.74. The number of hydrogen-bond acceptors (Lipinski definition) is 2. The molecule has 2 heteroatoms. The molecule has 0 fully saturated rings. The molecule has 0 radical (unpaired) electrons. The van der Waals surface area contributed by atoms with Gasteiger partial charge >= 0.3 is 0 Å². The molecule has 90 valence electrons. The molecule has 2 N–H and O–H groups in total. The maximum Gasteiger partial charge on any atom is 0.0488 e. The van der Waals surface area contributed by atoms with Crippen LogP contribution in [0.2, 0.25) is 0 Å². The number of nitrogens with two attached hydrogens (primary N) is 1. The second-order valence-electron chi connectivity index (χ2n) is 4.69. The normalized spacial score (nSPS) is 14.8. The van der Waals surface area contributed by atoms with Crippen molar-refractivity contribution in [2.24, 2.45) is 11.7 Å². The Hall–Kier alpha value is -0.860. The van der Waals surface area contributed by atoms with Crippen LogP contribution < -0.4 is 5.73 Å². The Labute approximate surface area is 98.8 Å². The minimum absolute atomic E-state index is 0.228. The second kappa shape index (κ2) is 6.66. The third-order valence-electron chi connectivity index (χ3n) is 2.90. The summed E-state index contributed by atoms with van der Waals surface area (Å²) in [5.41, 5.74) is 8.84. The molecule has 0 aliphatic heterocycles. The first-order chi connectivity index (χ1) is 7.63. The van der Waals surface area contributed by atoms with Gasteiger partial charge in [-0.3, -0.25) is 0 Å². The van der Waals surface area contributed by atoms with Gasteiger partial charge in [-0.25, -0.2) is 0 Å². The molecule has 2 unspecified atom stereocenters. The highest BCUT2D eigenvalue weighted by molar-refractivity contribution is 5.26. The zero-order valence-corrected chi connectivity index (χ0v) is 10.6. The van der Waals surface area contributed by atoms with Crippen molar-refractivity contribution in [3.05, 3.63) is 35.4 Å². The lowest BCUT2D eigenvalue weighted by molar-refractivity contribution is 0.152. The molecule has 0 aromatic heterocycles. The van der Waals surface area contributed by atoms with E-state index in [1.807, 2.05) is 0 Å². The van der Waals surface area contributed by atoms with Gasteiger partial charge in [0.05, 0.1) is 0 Å². The highest BCUT2D eigenvalue weighted by Gasteiger charge is 2.10. The van der Waals surface area contributed by atoms with E-state index < -0.39 is 0 Å². The highest BCUT2D eigenvalue weighted by Crippen LogP contribution is 2.13. The van der Waals surface area contributed by atoms with E-state index in [-0.39, 0.29) is 6.04 Å². The van der Waals surface area contributed by atoms with Crippen molar-refractivity contribution in [1.82, 2.24) is 0 Å². The monoisotopic (exact) mass is 221 g/mol. The van der Waals surface area contributed by atoms with Gasteiger partial charge in [0.1, 0.15) is 0 Å². The Kier molecular flexibility index (Phi) is 5.50. The molecule has 0 aliphatic carbocycles. The molecule has 1 aromatic rings. The van der Waals surface area contributed by atoms with Crippen LogP contribution in [0.1, 0.15) is 24.5 Å². The number of benzene rings is 1. The zero-order chi connectivity index (χ0) is 12.0. The molecule has 0 amide bonds. The average Bonchev–Trinajstić information content (AvgIpc) is 2.21. The van der Waals surface area contributed by atoms with Crippen molar-refractivity contribution in [2.45, 2.75) is 32.7 Å². The molecule has 2 atom stereocenters. The van der Waals surface area contributed by atoms with Gasteiger partial charge in [-0.05, 0) is 36.8 Å². The Morgan fingerprint density at radius 1 is 1.31 bits per heavy atom. The summed E-state index contributed by atoms with van der Waals surface area (Å²) in [6.45, 7) is 5.11. The number of aryl methyl sites for hydroxylation is 1. The smallest absolute Gasteiger partial charge is 0.0488 e. The van der Waals surface area contributed by atoms with E-state index in [1.165, 1.54) is 11.1 Å². The topological polar surface area (TPSA) is 35.2 Å². The van der Waals surface area contributed by atoms with Gasteiger partial charge in [-0.1, -0.05) is 31.2 Å². The summed E-state index contributed by atoms with van der Waals surface area (Å²) in [5.74, 6) is 0.531. The molecule has 0 saturated carbocycles. The number of ether oxygens (including phenoxy) is 1. The van der Waals surface area contributed by atoms with Crippen LogP contribution in [0.5, 0.6) is 0 Å². The van der Waals surface area contributed by atoms with Crippen LogP contribution in [0.15, 0.2) is 24.3 Å². The lowest BCUT2D eigenvalue weighted by atomic mass is 9.95. The minimum atomic E-state index is 0.228. The summed E-state index contributed by atoms with van der Waals surface area (Å²) >= 11 is 0. The molecule has 0 aliphatic rings. The summed E-state index contributed by atoms with van der Waals surface area (Å²) in [4.78, 5) is 0. The predicted octanol–water partition coefficient (Wildman–Crippen LogP) is 2.54. The maximum atomic E-state index is 6.15. The van der Waals surface area contributed by atoms with Crippen LogP contribution in [0, 0.1) is 12.8 Å². The SMILES string of the molecule is COCC(C)CC(N)Cc1ccccc1C. The van der Waals surface area contributed by atoms with Gasteiger partial charge in [0.2, 0.25) is 0 Å². The van der Waals surface area contributed by atoms with Gasteiger partial charge in [0, 0.05) is 19.8 Å². The van der Waals surface area contributed by atoms with E-state index in [4.69, 9.17) is 10.5 Å². The molecule has 0 bridgehead atoms. The maximum absolute atomic E-state index is 6.15. The quantitative estimate of drug-likeness (QED) is 0.801. The van der Waals surface area contributed by atoms with Crippen molar-refractivity contribution in [3.8, 4) is 0 Å². The van der Waals surface area contributed by atoms with Gasteiger partial charge < -0.3 is 10.5 Å². The Balaban J connectivity index is 2.45. The minimum Gasteiger partial charge on any atom is -0.384 e. The van der Waals surface area contributed by atoms with Crippen molar-refractivity contribution in [2.75, 3.05) is 13.7 Å². The Morgan fingerprint density at radius 2 is 2.00 bits per heavy atom. The molecule has 0 spiro atoms. The van der Waals surface area contributed by atoms with Crippen molar-refractivity contribution < 1.29 is 4.74 Å². The fourth-order valence-corrected chi connectivity index (χ4v) is 2.07. The number of rotatable bonds is 6. The first kappa shape index (κ1) is 13.2. The molecular formula is C14H23NO. The summed E-state index contributed by atoms with van der Waals surface area (Å²) < 4.78 is 5.12. The molecule has 16 heavy (non-hydrogen) atoms. The van der Waals surface area contributed by atoms with Crippen LogP contribution in [0.4, 0.5) is 0 Å². The van der Waals surface area contributed by atoms with Crippen molar-refractivity contribution >= 4 is 0 Å². The van der Waals surface area contributed by atoms with E-state index in [2.05, 4.69) is 38.1 Å². The first-order valence-electron chi connectivity index (χ1n) is 5.92. The van der Waals surface area contributed by atoms with E-state index in [0.29, 0.717) is 5.92 Å². The molecule has 0 heterocycles. The van der Waals surface area contributed by atoms with Crippen LogP contribution in [-0.2, 0) is 11.2 Å². The lowest BCUT2D eigenvalue weighted by Crippen LogP contribution is -2.27. The Morgan fingerprint density at radius 3 is 2.62 bits per heavy atom. The molecular weight excluding hydrogens is 198 g/mol. The third-order valence-corrected chi connectivity index (χ3v) is 2.90. The van der Waals surface area contributed by atoms with Gasteiger partial charge in [-0.2, -0.15) is 0 Å². The first-order valence-corrected chi connectivity index (χ1v) is 5.92. The van der Waals surface area contributed by atoms with E-state index in [9.17, 15) is 0 Å². The third kappa shape index (κ3) is 4.33. The second-order valence-corrected chi connectivity index (χ2v) is 4.69. The fourth-order valence-electron chi connectivity index (χ4n) is 2.07. The van der Waals surface area contributed by atoms with Gasteiger partial charge in [0.25, 0.3) is 0 Å². The fraction of sp³-hybridized carbons (Fsp3) is 0.571. The van der Waals surface area contributed by atoms with Crippen LogP contribution in [-0.4, -0.2) is 19.8 Å². The van der Waals surface area contributed by atoms with Crippen molar-refractivity contribution in [3.63, 3.8) is 0 Å². The van der Waals surface area contributed by atoms with Crippen molar-refractivity contribution in [1.29, 1.82) is 0 Å². The molecule has 1 rings (SSSR count).